The third-order valence-corrected chi connectivity index (χ3v) is 4.92. The van der Waals surface area contributed by atoms with Crippen LogP contribution in [0.5, 0.6) is 11.5 Å². The van der Waals surface area contributed by atoms with Crippen LogP contribution < -0.4 is 25.0 Å². The lowest BCUT2D eigenvalue weighted by molar-refractivity contribution is 0.162. The summed E-state index contributed by atoms with van der Waals surface area (Å²) in [6.07, 6.45) is 1.05. The van der Waals surface area contributed by atoms with Gasteiger partial charge in [0.1, 0.15) is 11.5 Å². The van der Waals surface area contributed by atoms with Gasteiger partial charge >= 0.3 is 0 Å². The second-order valence-corrected chi connectivity index (χ2v) is 6.94. The minimum absolute atomic E-state index is 0. The van der Waals surface area contributed by atoms with E-state index < -0.39 is 0 Å². The molecule has 0 radical (unpaired) electrons. The Labute approximate surface area is 192 Å². The highest BCUT2D eigenvalue weighted by atomic mass is 127. The Balaban J connectivity index is 0.00000420. The van der Waals surface area contributed by atoms with Gasteiger partial charge in [-0.2, -0.15) is 0 Å². The molecule has 2 N–H and O–H groups in total. The molecular formula is C20H36IN5O3. The minimum atomic E-state index is 0. The van der Waals surface area contributed by atoms with Crippen molar-refractivity contribution in [3.63, 3.8) is 0 Å². The highest BCUT2D eigenvalue weighted by Crippen LogP contribution is 2.30. The molecule has 1 saturated heterocycles. The van der Waals surface area contributed by atoms with Crippen molar-refractivity contribution in [3.8, 4) is 11.5 Å². The third-order valence-electron chi connectivity index (χ3n) is 4.92. The molecule has 0 saturated carbocycles. The van der Waals surface area contributed by atoms with Crippen molar-refractivity contribution in [2.45, 2.75) is 12.5 Å². The number of methoxy groups -OCH3 is 3. The number of hydrogen-bond acceptors (Lipinski definition) is 6. The summed E-state index contributed by atoms with van der Waals surface area (Å²) >= 11 is 0. The molecule has 9 heteroatoms. The maximum atomic E-state index is 5.39. The molecule has 1 aliphatic rings. The molecule has 166 valence electrons. The van der Waals surface area contributed by atoms with Crippen molar-refractivity contribution in [3.05, 3.63) is 18.2 Å². The van der Waals surface area contributed by atoms with E-state index in [2.05, 4.69) is 32.5 Å². The van der Waals surface area contributed by atoms with Crippen LogP contribution in [0.3, 0.4) is 0 Å². The Morgan fingerprint density at radius 1 is 1.17 bits per heavy atom. The van der Waals surface area contributed by atoms with Crippen molar-refractivity contribution in [2.24, 2.45) is 4.99 Å². The first-order valence-electron chi connectivity index (χ1n) is 9.72. The van der Waals surface area contributed by atoms with Crippen LogP contribution in [0.1, 0.15) is 6.42 Å². The average molecular weight is 521 g/mol. The number of anilines is 1. The molecule has 0 amide bonds. The van der Waals surface area contributed by atoms with E-state index >= 15 is 0 Å². The first-order valence-corrected chi connectivity index (χ1v) is 9.72. The summed E-state index contributed by atoms with van der Waals surface area (Å²) in [5.74, 6) is 2.46. The molecule has 2 rings (SSSR count). The lowest BCUT2D eigenvalue weighted by atomic mass is 10.2. The van der Waals surface area contributed by atoms with Crippen molar-refractivity contribution in [2.75, 3.05) is 79.7 Å². The van der Waals surface area contributed by atoms with Crippen molar-refractivity contribution >= 4 is 35.6 Å². The summed E-state index contributed by atoms with van der Waals surface area (Å²) in [5, 5.41) is 6.92. The van der Waals surface area contributed by atoms with Gasteiger partial charge in [0.15, 0.2) is 5.96 Å². The molecular weight excluding hydrogens is 485 g/mol. The van der Waals surface area contributed by atoms with E-state index in [9.17, 15) is 0 Å². The van der Waals surface area contributed by atoms with E-state index in [1.54, 1.807) is 21.3 Å². The third kappa shape index (κ3) is 8.43. The Morgan fingerprint density at radius 3 is 2.45 bits per heavy atom. The van der Waals surface area contributed by atoms with Gasteiger partial charge < -0.3 is 34.6 Å². The minimum Gasteiger partial charge on any atom is -0.497 e. The van der Waals surface area contributed by atoms with Crippen molar-refractivity contribution < 1.29 is 14.2 Å². The number of nitrogens with one attached hydrogen (secondary N) is 2. The Bertz CT molecular complexity index is 610. The van der Waals surface area contributed by atoms with E-state index in [0.717, 1.165) is 68.9 Å². The van der Waals surface area contributed by atoms with E-state index in [1.807, 2.05) is 25.2 Å². The molecule has 1 aromatic rings. The largest absolute Gasteiger partial charge is 0.497 e. The number of guanidine groups is 1. The van der Waals surface area contributed by atoms with Crippen LogP contribution in [0.25, 0.3) is 0 Å². The highest BCUT2D eigenvalue weighted by Gasteiger charge is 2.24. The van der Waals surface area contributed by atoms with Gasteiger partial charge in [-0.1, -0.05) is 0 Å². The molecule has 0 aliphatic carbocycles. The van der Waals surface area contributed by atoms with Crippen LogP contribution in [0, 0.1) is 0 Å². The lowest BCUT2D eigenvalue weighted by Gasteiger charge is -2.22. The van der Waals surface area contributed by atoms with Crippen LogP contribution >= 0.6 is 24.0 Å². The average Bonchev–Trinajstić information content (AvgIpc) is 3.19. The Morgan fingerprint density at radius 2 is 1.86 bits per heavy atom. The smallest absolute Gasteiger partial charge is 0.191 e. The van der Waals surface area contributed by atoms with E-state index in [-0.39, 0.29) is 24.0 Å². The number of rotatable bonds is 10. The molecule has 0 aromatic heterocycles. The van der Waals surface area contributed by atoms with Gasteiger partial charge in [-0.15, -0.1) is 24.0 Å². The molecule has 1 fully saturated rings. The summed E-state index contributed by atoms with van der Waals surface area (Å²) in [5.41, 5.74) is 1.11. The molecule has 1 aromatic carbocycles. The van der Waals surface area contributed by atoms with Gasteiger partial charge in [-0.25, -0.2) is 0 Å². The molecule has 8 nitrogen and oxygen atoms in total. The molecule has 0 spiro atoms. The Kier molecular flexibility index (Phi) is 12.1. The zero-order chi connectivity index (χ0) is 20.4. The van der Waals surface area contributed by atoms with E-state index in [0.29, 0.717) is 6.04 Å². The molecule has 1 unspecified atom stereocenters. The molecule has 1 atom stereocenters. The van der Waals surface area contributed by atoms with Gasteiger partial charge in [0.25, 0.3) is 0 Å². The Hall–Kier alpha value is -1.46. The van der Waals surface area contributed by atoms with Gasteiger partial charge in [0.05, 0.1) is 20.8 Å². The number of aliphatic imine (C=N–C) groups is 1. The summed E-state index contributed by atoms with van der Waals surface area (Å²) in [6, 6.07) is 6.33. The number of ether oxygens (including phenoxy) is 3. The monoisotopic (exact) mass is 521 g/mol. The van der Waals surface area contributed by atoms with Gasteiger partial charge in [-0.05, 0) is 13.5 Å². The van der Waals surface area contributed by atoms with Gasteiger partial charge in [-0.3, -0.25) is 4.99 Å². The van der Waals surface area contributed by atoms with Crippen molar-refractivity contribution in [1.82, 2.24) is 15.5 Å². The van der Waals surface area contributed by atoms with Crippen LogP contribution in [0.2, 0.25) is 0 Å². The summed E-state index contributed by atoms with van der Waals surface area (Å²) in [7, 11) is 8.98. The number of hydrogen-bond donors (Lipinski definition) is 2. The lowest BCUT2D eigenvalue weighted by Crippen LogP contribution is -2.46. The highest BCUT2D eigenvalue weighted by molar-refractivity contribution is 14.0. The van der Waals surface area contributed by atoms with Crippen LogP contribution in [-0.2, 0) is 4.74 Å². The van der Waals surface area contributed by atoms with E-state index in [1.165, 1.54) is 0 Å². The maximum Gasteiger partial charge on any atom is 0.191 e. The van der Waals surface area contributed by atoms with Crippen LogP contribution in [-0.4, -0.2) is 91.7 Å². The SMILES string of the molecule is CN=C(NCCN(C)CCOC)NC1CCN(c2cc(OC)cc(OC)c2)C1.I. The second-order valence-electron chi connectivity index (χ2n) is 6.94. The first-order chi connectivity index (χ1) is 13.6. The fraction of sp³-hybridized carbons (Fsp3) is 0.650. The maximum absolute atomic E-state index is 5.39. The molecule has 29 heavy (non-hydrogen) atoms. The van der Waals surface area contributed by atoms with Gasteiger partial charge in [0.2, 0.25) is 0 Å². The number of benzene rings is 1. The first kappa shape index (κ1) is 25.6. The quantitative estimate of drug-likeness (QED) is 0.276. The summed E-state index contributed by atoms with van der Waals surface area (Å²) < 4.78 is 15.9. The number of nitrogens with zero attached hydrogens (tertiary/aromatic N) is 3. The van der Waals surface area contributed by atoms with Crippen molar-refractivity contribution in [1.29, 1.82) is 0 Å². The van der Waals surface area contributed by atoms with Crippen LogP contribution in [0.4, 0.5) is 5.69 Å². The summed E-state index contributed by atoms with van der Waals surface area (Å²) in [6.45, 7) is 5.32. The zero-order valence-electron chi connectivity index (χ0n) is 18.2. The standard InChI is InChI=1S/C20H35N5O3.HI/c1-21-20(22-7-9-24(2)10-11-26-3)23-16-6-8-25(15-16)17-12-18(27-4)14-19(13-17)28-5;/h12-14,16H,6-11,15H2,1-5H3,(H2,21,22,23);1H. The molecule has 1 heterocycles. The predicted octanol–water partition coefficient (Wildman–Crippen LogP) is 1.64. The second kappa shape index (κ2) is 13.7. The molecule has 1 aliphatic heterocycles. The summed E-state index contributed by atoms with van der Waals surface area (Å²) in [4.78, 5) is 8.93. The fourth-order valence-corrected chi connectivity index (χ4v) is 3.20. The fourth-order valence-electron chi connectivity index (χ4n) is 3.20. The topological polar surface area (TPSA) is 70.6 Å². The van der Waals surface area contributed by atoms with Crippen LogP contribution in [0.15, 0.2) is 23.2 Å². The van der Waals surface area contributed by atoms with Gasteiger partial charge in [0, 0.05) is 76.8 Å². The van der Waals surface area contributed by atoms with E-state index in [4.69, 9.17) is 14.2 Å². The zero-order valence-corrected chi connectivity index (χ0v) is 20.6. The normalized spacial score (nSPS) is 16.6. The predicted molar refractivity (Wildman–Crippen MR) is 129 cm³/mol. The molecule has 0 bridgehead atoms. The number of halogens is 1. The number of likely N-dealkylation sites (N-methyl/N-ethyl adjacent to an activating group) is 1.